The predicted octanol–water partition coefficient (Wildman–Crippen LogP) is 1.29. The fourth-order valence-electron chi connectivity index (χ4n) is 1.32. The molecule has 3 nitrogen and oxygen atoms in total. The summed E-state index contributed by atoms with van der Waals surface area (Å²) in [6, 6.07) is 6.19. The highest BCUT2D eigenvalue weighted by Gasteiger charge is 2.14. The van der Waals surface area contributed by atoms with Crippen molar-refractivity contribution in [2.24, 2.45) is 0 Å². The minimum Gasteiger partial charge on any atom is -0.391 e. The van der Waals surface area contributed by atoms with Gasteiger partial charge >= 0.3 is 0 Å². The average Bonchev–Trinajstić information content (AvgIpc) is 2.26. The van der Waals surface area contributed by atoms with Gasteiger partial charge in [0, 0.05) is 12.6 Å². The molecule has 17 heavy (non-hydrogen) atoms. The Morgan fingerprint density at radius 2 is 2.06 bits per heavy atom. The minimum absolute atomic E-state index is 0.0423. The standard InChI is InChI=1S/C12H18FNO2S/c1-9(2)14-7-10(15)8-17(16)12-6-4-3-5-11(12)13/h3-6,9-10,14-15H,7-8H2,1-2H3. The summed E-state index contributed by atoms with van der Waals surface area (Å²) in [5.74, 6) is -0.449. The molecule has 0 aliphatic rings. The summed E-state index contributed by atoms with van der Waals surface area (Å²) < 4.78 is 25.1. The maximum Gasteiger partial charge on any atom is 0.139 e. The molecular weight excluding hydrogens is 241 g/mol. The molecule has 0 saturated heterocycles. The maximum absolute atomic E-state index is 13.3. The molecule has 2 unspecified atom stereocenters. The van der Waals surface area contributed by atoms with Gasteiger partial charge in [-0.1, -0.05) is 26.0 Å². The first-order chi connectivity index (χ1) is 8.00. The van der Waals surface area contributed by atoms with Gasteiger partial charge in [0.2, 0.25) is 0 Å². The zero-order chi connectivity index (χ0) is 12.8. The zero-order valence-corrected chi connectivity index (χ0v) is 10.8. The summed E-state index contributed by atoms with van der Waals surface area (Å²) in [6.45, 7) is 4.28. The summed E-state index contributed by atoms with van der Waals surface area (Å²) in [7, 11) is -1.50. The molecule has 2 N–H and O–H groups in total. The first-order valence-corrected chi connectivity index (χ1v) is 6.87. The second kappa shape index (κ2) is 6.83. The first-order valence-electron chi connectivity index (χ1n) is 5.55. The van der Waals surface area contributed by atoms with Crippen LogP contribution in [0.2, 0.25) is 0 Å². The Morgan fingerprint density at radius 3 is 2.65 bits per heavy atom. The third-order valence-corrected chi connectivity index (χ3v) is 3.70. The molecule has 0 aliphatic heterocycles. The van der Waals surface area contributed by atoms with Gasteiger partial charge in [-0.2, -0.15) is 0 Å². The summed E-state index contributed by atoms with van der Waals surface area (Å²) in [5, 5.41) is 12.7. The van der Waals surface area contributed by atoms with Crippen molar-refractivity contribution >= 4 is 10.8 Å². The van der Waals surface area contributed by atoms with Gasteiger partial charge in [0.1, 0.15) is 5.82 Å². The Hall–Kier alpha value is -0.780. The molecule has 5 heteroatoms. The van der Waals surface area contributed by atoms with Crippen LogP contribution in [0.3, 0.4) is 0 Å². The van der Waals surface area contributed by atoms with E-state index < -0.39 is 22.7 Å². The van der Waals surface area contributed by atoms with Crippen LogP contribution in [-0.4, -0.2) is 33.8 Å². The fraction of sp³-hybridized carbons (Fsp3) is 0.500. The van der Waals surface area contributed by atoms with Crippen molar-refractivity contribution in [2.75, 3.05) is 12.3 Å². The summed E-state index contributed by atoms with van der Waals surface area (Å²) in [4.78, 5) is 0.149. The fourth-order valence-corrected chi connectivity index (χ4v) is 2.49. The number of benzene rings is 1. The van der Waals surface area contributed by atoms with Crippen LogP contribution < -0.4 is 5.32 Å². The van der Waals surface area contributed by atoms with E-state index in [0.717, 1.165) is 0 Å². The van der Waals surface area contributed by atoms with Crippen LogP contribution in [0.1, 0.15) is 13.8 Å². The molecule has 96 valence electrons. The Morgan fingerprint density at radius 1 is 1.41 bits per heavy atom. The lowest BCUT2D eigenvalue weighted by molar-refractivity contribution is 0.191. The predicted molar refractivity (Wildman–Crippen MR) is 66.8 cm³/mol. The van der Waals surface area contributed by atoms with E-state index in [1.807, 2.05) is 13.8 Å². The Kier molecular flexibility index (Phi) is 5.74. The summed E-state index contributed by atoms with van der Waals surface area (Å²) >= 11 is 0. The van der Waals surface area contributed by atoms with Crippen molar-refractivity contribution in [3.8, 4) is 0 Å². The van der Waals surface area contributed by atoms with E-state index in [9.17, 15) is 13.7 Å². The molecule has 0 heterocycles. The highest BCUT2D eigenvalue weighted by atomic mass is 32.2. The SMILES string of the molecule is CC(C)NCC(O)CS(=O)c1ccccc1F. The van der Waals surface area contributed by atoms with Gasteiger partial charge in [0.25, 0.3) is 0 Å². The lowest BCUT2D eigenvalue weighted by atomic mass is 10.3. The highest BCUT2D eigenvalue weighted by Crippen LogP contribution is 2.12. The van der Waals surface area contributed by atoms with Crippen LogP contribution in [0.4, 0.5) is 4.39 Å². The molecule has 2 atom stereocenters. The summed E-state index contributed by atoms with van der Waals surface area (Å²) in [5.41, 5.74) is 0. The van der Waals surface area contributed by atoms with Crippen LogP contribution in [0.25, 0.3) is 0 Å². The van der Waals surface area contributed by atoms with Gasteiger partial charge in [0.05, 0.1) is 27.6 Å². The molecular formula is C12H18FNO2S. The van der Waals surface area contributed by atoms with Gasteiger partial charge in [-0.25, -0.2) is 4.39 Å². The third kappa shape index (κ3) is 4.93. The summed E-state index contributed by atoms with van der Waals surface area (Å²) in [6.07, 6.45) is -0.738. The van der Waals surface area contributed by atoms with Crippen molar-refractivity contribution in [3.05, 3.63) is 30.1 Å². The lowest BCUT2D eigenvalue weighted by Gasteiger charge is -2.13. The lowest BCUT2D eigenvalue weighted by Crippen LogP contribution is -2.34. The number of nitrogens with one attached hydrogen (secondary N) is 1. The zero-order valence-electron chi connectivity index (χ0n) is 10.0. The topological polar surface area (TPSA) is 49.3 Å². The molecule has 1 aromatic rings. The molecule has 0 aromatic heterocycles. The van der Waals surface area contributed by atoms with Crippen molar-refractivity contribution in [1.29, 1.82) is 0 Å². The van der Waals surface area contributed by atoms with Crippen molar-refractivity contribution in [1.82, 2.24) is 5.32 Å². The molecule has 0 amide bonds. The van der Waals surface area contributed by atoms with Crippen molar-refractivity contribution < 1.29 is 13.7 Å². The van der Waals surface area contributed by atoms with E-state index in [1.165, 1.54) is 12.1 Å². The highest BCUT2D eigenvalue weighted by molar-refractivity contribution is 7.85. The quantitative estimate of drug-likeness (QED) is 0.809. The van der Waals surface area contributed by atoms with E-state index in [4.69, 9.17) is 0 Å². The van der Waals surface area contributed by atoms with Crippen LogP contribution in [0.15, 0.2) is 29.2 Å². The molecule has 0 aliphatic carbocycles. The molecule has 1 aromatic carbocycles. The Bertz CT molecular complexity index is 385. The van der Waals surface area contributed by atoms with Crippen LogP contribution >= 0.6 is 0 Å². The van der Waals surface area contributed by atoms with E-state index in [0.29, 0.717) is 6.54 Å². The Balaban J connectivity index is 2.52. The third-order valence-electron chi connectivity index (χ3n) is 2.19. The van der Waals surface area contributed by atoms with Gasteiger partial charge in [-0.3, -0.25) is 4.21 Å². The Labute approximate surface area is 104 Å². The van der Waals surface area contributed by atoms with E-state index in [1.54, 1.807) is 12.1 Å². The van der Waals surface area contributed by atoms with Gasteiger partial charge in [0.15, 0.2) is 0 Å². The number of hydrogen-bond acceptors (Lipinski definition) is 3. The monoisotopic (exact) mass is 259 g/mol. The molecule has 0 fully saturated rings. The number of aliphatic hydroxyl groups excluding tert-OH is 1. The normalized spacial score (nSPS) is 14.9. The van der Waals surface area contributed by atoms with Crippen LogP contribution in [0, 0.1) is 5.82 Å². The van der Waals surface area contributed by atoms with Gasteiger partial charge < -0.3 is 10.4 Å². The van der Waals surface area contributed by atoms with Crippen molar-refractivity contribution in [3.63, 3.8) is 0 Å². The van der Waals surface area contributed by atoms with Crippen molar-refractivity contribution in [2.45, 2.75) is 30.9 Å². The number of aliphatic hydroxyl groups is 1. The average molecular weight is 259 g/mol. The minimum atomic E-state index is -1.50. The van der Waals surface area contributed by atoms with Crippen LogP contribution in [0.5, 0.6) is 0 Å². The van der Waals surface area contributed by atoms with E-state index in [-0.39, 0.29) is 16.7 Å². The smallest absolute Gasteiger partial charge is 0.139 e. The first kappa shape index (κ1) is 14.3. The molecule has 0 spiro atoms. The second-order valence-corrected chi connectivity index (χ2v) is 5.62. The largest absolute Gasteiger partial charge is 0.391 e. The van der Waals surface area contributed by atoms with E-state index in [2.05, 4.69) is 5.32 Å². The van der Waals surface area contributed by atoms with E-state index >= 15 is 0 Å². The van der Waals surface area contributed by atoms with Gasteiger partial charge in [-0.05, 0) is 12.1 Å². The molecule has 0 saturated carbocycles. The maximum atomic E-state index is 13.3. The van der Waals surface area contributed by atoms with Crippen LogP contribution in [-0.2, 0) is 10.8 Å². The molecule has 0 radical (unpaired) electrons. The molecule has 0 bridgehead atoms. The van der Waals surface area contributed by atoms with Gasteiger partial charge in [-0.15, -0.1) is 0 Å². The molecule has 1 rings (SSSR count). The number of rotatable bonds is 6. The number of hydrogen-bond donors (Lipinski definition) is 2. The second-order valence-electron chi connectivity index (χ2n) is 4.16. The number of halogens is 1.